The third-order valence-electron chi connectivity index (χ3n) is 3.13. The van der Waals surface area contributed by atoms with Crippen LogP contribution in [0.15, 0.2) is 28.9 Å². The molecule has 0 N–H and O–H groups in total. The van der Waals surface area contributed by atoms with Crippen LogP contribution in [0.3, 0.4) is 0 Å². The van der Waals surface area contributed by atoms with E-state index in [0.29, 0.717) is 11.1 Å². The average Bonchev–Trinajstić information content (AvgIpc) is 2.82. The molecule has 18 heavy (non-hydrogen) atoms. The number of rotatable bonds is 3. The minimum absolute atomic E-state index is 0.0456. The lowest BCUT2D eigenvalue weighted by Gasteiger charge is -2.13. The van der Waals surface area contributed by atoms with E-state index in [1.807, 2.05) is 18.2 Å². The molecule has 2 rings (SSSR count). The largest absolute Gasteiger partial charge is 0.469 e. The van der Waals surface area contributed by atoms with Gasteiger partial charge in [-0.3, -0.25) is 0 Å². The molecule has 1 aromatic heterocycles. The maximum Gasteiger partial charge on any atom is 0.129 e. The summed E-state index contributed by atoms with van der Waals surface area (Å²) in [4.78, 5) is 0.0456. The van der Waals surface area contributed by atoms with Crippen molar-refractivity contribution < 1.29 is 8.81 Å². The zero-order chi connectivity index (χ0) is 13.3. The van der Waals surface area contributed by atoms with Crippen LogP contribution in [-0.4, -0.2) is 0 Å². The molecule has 2 aromatic rings. The smallest absolute Gasteiger partial charge is 0.129 e. The Labute approximate surface area is 115 Å². The Morgan fingerprint density at radius 2 is 1.89 bits per heavy atom. The lowest BCUT2D eigenvalue weighted by atomic mass is 10.00. The lowest BCUT2D eigenvalue weighted by molar-refractivity contribution is 0.512. The summed E-state index contributed by atoms with van der Waals surface area (Å²) < 4.78 is 19.1. The predicted molar refractivity (Wildman–Crippen MR) is 74.7 cm³/mol. The van der Waals surface area contributed by atoms with Gasteiger partial charge in [0.15, 0.2) is 0 Å². The summed E-state index contributed by atoms with van der Waals surface area (Å²) in [7, 11) is 0. The van der Waals surface area contributed by atoms with E-state index in [-0.39, 0.29) is 10.6 Å². The van der Waals surface area contributed by atoms with E-state index in [4.69, 9.17) is 4.42 Å². The molecule has 0 fully saturated rings. The Morgan fingerprint density at radius 1 is 1.28 bits per heavy atom. The van der Waals surface area contributed by atoms with Crippen molar-refractivity contribution >= 4 is 15.9 Å². The molecule has 1 unspecified atom stereocenters. The van der Waals surface area contributed by atoms with E-state index in [1.165, 1.54) is 0 Å². The third kappa shape index (κ3) is 2.37. The Kier molecular flexibility index (Phi) is 3.91. The number of aryl methyl sites for hydroxylation is 3. The van der Waals surface area contributed by atoms with Crippen LogP contribution in [0.25, 0.3) is 0 Å². The molecule has 0 bridgehead atoms. The molecule has 0 saturated carbocycles. The van der Waals surface area contributed by atoms with Gasteiger partial charge in [0.1, 0.15) is 11.6 Å². The van der Waals surface area contributed by atoms with E-state index in [2.05, 4.69) is 22.9 Å². The number of furan rings is 1. The summed E-state index contributed by atoms with van der Waals surface area (Å²) in [5.74, 6) is 0.845. The normalized spacial score (nSPS) is 12.7. The molecule has 0 spiro atoms. The molecule has 1 aromatic carbocycles. The number of halogens is 2. The van der Waals surface area contributed by atoms with Crippen LogP contribution >= 0.6 is 15.9 Å². The van der Waals surface area contributed by atoms with Gasteiger partial charge in [0.25, 0.3) is 0 Å². The van der Waals surface area contributed by atoms with Gasteiger partial charge in [-0.25, -0.2) is 4.39 Å². The number of alkyl halides is 1. The van der Waals surface area contributed by atoms with Crippen LogP contribution in [0.2, 0.25) is 0 Å². The summed E-state index contributed by atoms with van der Waals surface area (Å²) in [6.45, 7) is 5.65. The molecular formula is C15H16BrFO. The van der Waals surface area contributed by atoms with Gasteiger partial charge in [0, 0.05) is 12.0 Å². The second-order valence-electron chi connectivity index (χ2n) is 4.48. The highest BCUT2D eigenvalue weighted by Gasteiger charge is 2.17. The molecule has 0 amide bonds. The predicted octanol–water partition coefficient (Wildman–Crippen LogP) is 5.08. The quantitative estimate of drug-likeness (QED) is 0.720. The zero-order valence-electron chi connectivity index (χ0n) is 10.8. The van der Waals surface area contributed by atoms with Crippen molar-refractivity contribution in [3.05, 3.63) is 58.3 Å². The summed E-state index contributed by atoms with van der Waals surface area (Å²) in [5, 5.41) is 0. The average molecular weight is 311 g/mol. The third-order valence-corrected chi connectivity index (χ3v) is 4.15. The van der Waals surface area contributed by atoms with Crippen molar-refractivity contribution in [2.75, 3.05) is 0 Å². The first-order chi connectivity index (χ1) is 8.54. The molecule has 3 heteroatoms. The van der Waals surface area contributed by atoms with Crippen molar-refractivity contribution in [2.24, 2.45) is 0 Å². The zero-order valence-corrected chi connectivity index (χ0v) is 12.3. The van der Waals surface area contributed by atoms with E-state index in [9.17, 15) is 4.39 Å². The Morgan fingerprint density at radius 3 is 2.44 bits per heavy atom. The Hall–Kier alpha value is -1.09. The van der Waals surface area contributed by atoms with Crippen molar-refractivity contribution in [2.45, 2.75) is 32.0 Å². The molecule has 0 aliphatic carbocycles. The van der Waals surface area contributed by atoms with E-state index < -0.39 is 0 Å². The summed E-state index contributed by atoms with van der Waals surface area (Å²) >= 11 is 3.68. The fourth-order valence-electron chi connectivity index (χ4n) is 2.17. The van der Waals surface area contributed by atoms with Gasteiger partial charge in [-0.1, -0.05) is 35.0 Å². The van der Waals surface area contributed by atoms with Gasteiger partial charge >= 0.3 is 0 Å². The van der Waals surface area contributed by atoms with Crippen LogP contribution in [0, 0.1) is 19.7 Å². The van der Waals surface area contributed by atoms with Crippen molar-refractivity contribution in [3.63, 3.8) is 0 Å². The topological polar surface area (TPSA) is 13.1 Å². The standard InChI is InChI=1S/C15H16BrFO/c1-4-13-12(5-6-18-13)14(16)11-7-9(2)15(17)10(3)8-11/h5-8,14H,4H2,1-3H3. The van der Waals surface area contributed by atoms with Gasteiger partial charge < -0.3 is 4.42 Å². The number of hydrogen-bond donors (Lipinski definition) is 0. The van der Waals surface area contributed by atoms with E-state index in [1.54, 1.807) is 20.1 Å². The monoisotopic (exact) mass is 310 g/mol. The SMILES string of the molecule is CCc1occc1C(Br)c1cc(C)c(F)c(C)c1. The first-order valence-corrected chi connectivity index (χ1v) is 6.93. The van der Waals surface area contributed by atoms with Gasteiger partial charge in [-0.2, -0.15) is 0 Å². The second-order valence-corrected chi connectivity index (χ2v) is 5.40. The highest BCUT2D eigenvalue weighted by molar-refractivity contribution is 9.09. The van der Waals surface area contributed by atoms with E-state index in [0.717, 1.165) is 23.3 Å². The fourth-order valence-corrected chi connectivity index (χ4v) is 2.84. The Bertz CT molecular complexity index is 536. The molecule has 1 atom stereocenters. The molecule has 1 nitrogen and oxygen atoms in total. The fraction of sp³-hybridized carbons (Fsp3) is 0.333. The Balaban J connectivity index is 2.43. The summed E-state index contributed by atoms with van der Waals surface area (Å²) in [6.07, 6.45) is 2.55. The van der Waals surface area contributed by atoms with E-state index >= 15 is 0 Å². The maximum absolute atomic E-state index is 13.6. The van der Waals surface area contributed by atoms with Crippen LogP contribution < -0.4 is 0 Å². The van der Waals surface area contributed by atoms with Crippen LogP contribution in [0.4, 0.5) is 4.39 Å². The maximum atomic E-state index is 13.6. The molecule has 0 aliphatic heterocycles. The number of benzene rings is 1. The van der Waals surface area contributed by atoms with Crippen molar-refractivity contribution in [1.29, 1.82) is 0 Å². The molecule has 0 radical (unpaired) electrons. The minimum atomic E-state index is -0.124. The van der Waals surface area contributed by atoms with Gasteiger partial charge in [-0.05, 0) is 36.6 Å². The first kappa shape index (κ1) is 13.3. The minimum Gasteiger partial charge on any atom is -0.469 e. The molecule has 96 valence electrons. The molecule has 0 aliphatic rings. The van der Waals surface area contributed by atoms with Gasteiger partial charge in [0.05, 0.1) is 11.1 Å². The number of hydrogen-bond acceptors (Lipinski definition) is 1. The summed E-state index contributed by atoms with van der Waals surface area (Å²) in [5.41, 5.74) is 3.53. The summed E-state index contributed by atoms with van der Waals surface area (Å²) in [6, 6.07) is 5.73. The van der Waals surface area contributed by atoms with Crippen LogP contribution in [0.5, 0.6) is 0 Å². The first-order valence-electron chi connectivity index (χ1n) is 6.01. The molecule has 0 saturated heterocycles. The van der Waals surface area contributed by atoms with Crippen LogP contribution in [-0.2, 0) is 6.42 Å². The van der Waals surface area contributed by atoms with Crippen molar-refractivity contribution in [1.82, 2.24) is 0 Å². The van der Waals surface area contributed by atoms with Gasteiger partial charge in [-0.15, -0.1) is 0 Å². The van der Waals surface area contributed by atoms with Gasteiger partial charge in [0.2, 0.25) is 0 Å². The lowest BCUT2D eigenvalue weighted by Crippen LogP contribution is -1.98. The highest BCUT2D eigenvalue weighted by Crippen LogP contribution is 2.35. The molecule has 1 heterocycles. The van der Waals surface area contributed by atoms with Crippen molar-refractivity contribution in [3.8, 4) is 0 Å². The second kappa shape index (κ2) is 5.27. The van der Waals surface area contributed by atoms with Crippen LogP contribution in [0.1, 0.15) is 39.8 Å². The molecular weight excluding hydrogens is 295 g/mol. The highest BCUT2D eigenvalue weighted by atomic mass is 79.9.